The van der Waals surface area contributed by atoms with Gasteiger partial charge in [-0.25, -0.2) is 8.42 Å². The molecule has 0 bridgehead atoms. The Hall–Kier alpha value is -0.0900. The van der Waals surface area contributed by atoms with E-state index in [4.69, 9.17) is 0 Å². The summed E-state index contributed by atoms with van der Waals surface area (Å²) in [4.78, 5) is 0. The molecular weight excluding hydrogens is 234 g/mol. The van der Waals surface area contributed by atoms with Gasteiger partial charge in [0.15, 0.2) is 9.84 Å². The summed E-state index contributed by atoms with van der Waals surface area (Å²) in [7, 11) is -3.03. The fourth-order valence-corrected chi connectivity index (χ4v) is 2.69. The van der Waals surface area contributed by atoms with Crippen LogP contribution in [-0.2, 0) is 9.84 Å². The Kier molecular flexibility index (Phi) is 7.33. The molecule has 104 valence electrons. The van der Waals surface area contributed by atoms with Crippen LogP contribution in [-0.4, -0.2) is 32.0 Å². The lowest BCUT2D eigenvalue weighted by molar-refractivity contribution is 0.382. The number of unbranched alkanes of at least 4 members (excludes halogenated alkanes) is 3. The SMILES string of the molecule is CCCCCCC(NCC)C(C)(C)S(C)(=O)=O. The zero-order chi connectivity index (χ0) is 13.5. The average molecular weight is 263 g/mol. The lowest BCUT2D eigenvalue weighted by Crippen LogP contribution is -2.51. The molecule has 1 atom stereocenters. The van der Waals surface area contributed by atoms with Gasteiger partial charge >= 0.3 is 0 Å². The topological polar surface area (TPSA) is 46.2 Å². The molecule has 0 aliphatic heterocycles. The molecule has 0 aliphatic rings. The summed E-state index contributed by atoms with van der Waals surface area (Å²) in [6, 6.07) is 0.0550. The van der Waals surface area contributed by atoms with Crippen molar-refractivity contribution in [2.75, 3.05) is 12.8 Å². The maximum atomic E-state index is 11.8. The third-order valence-corrected chi connectivity index (χ3v) is 5.79. The number of rotatable bonds is 9. The van der Waals surface area contributed by atoms with E-state index in [1.165, 1.54) is 25.5 Å². The maximum absolute atomic E-state index is 11.8. The molecular formula is C13H29NO2S. The van der Waals surface area contributed by atoms with E-state index < -0.39 is 14.6 Å². The molecule has 0 aromatic heterocycles. The van der Waals surface area contributed by atoms with E-state index in [0.717, 1.165) is 19.4 Å². The molecule has 4 heteroatoms. The minimum absolute atomic E-state index is 0.0550. The van der Waals surface area contributed by atoms with Crippen LogP contribution >= 0.6 is 0 Å². The molecule has 0 heterocycles. The van der Waals surface area contributed by atoms with Gasteiger partial charge in [0.05, 0.1) is 4.75 Å². The predicted molar refractivity (Wildman–Crippen MR) is 75.1 cm³/mol. The molecule has 1 N–H and O–H groups in total. The Morgan fingerprint density at radius 3 is 2.12 bits per heavy atom. The Labute approximate surface area is 107 Å². The third-order valence-electron chi connectivity index (χ3n) is 3.59. The van der Waals surface area contributed by atoms with Crippen molar-refractivity contribution in [2.24, 2.45) is 0 Å². The van der Waals surface area contributed by atoms with Crippen LogP contribution < -0.4 is 5.32 Å². The fourth-order valence-electron chi connectivity index (χ4n) is 1.98. The van der Waals surface area contributed by atoms with E-state index in [1.54, 1.807) is 0 Å². The molecule has 0 spiro atoms. The van der Waals surface area contributed by atoms with Crippen molar-refractivity contribution in [3.8, 4) is 0 Å². The highest BCUT2D eigenvalue weighted by Gasteiger charge is 2.37. The monoisotopic (exact) mass is 263 g/mol. The van der Waals surface area contributed by atoms with E-state index >= 15 is 0 Å². The van der Waals surface area contributed by atoms with Crippen molar-refractivity contribution in [1.82, 2.24) is 5.32 Å². The van der Waals surface area contributed by atoms with Gasteiger partial charge in [-0.15, -0.1) is 0 Å². The summed E-state index contributed by atoms with van der Waals surface area (Å²) in [6.07, 6.45) is 7.01. The van der Waals surface area contributed by atoms with Crippen molar-refractivity contribution >= 4 is 9.84 Å². The van der Waals surface area contributed by atoms with Crippen molar-refractivity contribution in [3.05, 3.63) is 0 Å². The Bertz CT molecular complexity index is 297. The fraction of sp³-hybridized carbons (Fsp3) is 1.00. The van der Waals surface area contributed by atoms with Crippen molar-refractivity contribution in [1.29, 1.82) is 0 Å². The van der Waals surface area contributed by atoms with Crippen LogP contribution in [0.2, 0.25) is 0 Å². The second-order valence-electron chi connectivity index (χ2n) is 5.34. The van der Waals surface area contributed by atoms with Gasteiger partial charge in [0.25, 0.3) is 0 Å². The smallest absolute Gasteiger partial charge is 0.154 e. The zero-order valence-electron chi connectivity index (χ0n) is 12.0. The van der Waals surface area contributed by atoms with Crippen molar-refractivity contribution < 1.29 is 8.42 Å². The predicted octanol–water partition coefficient (Wildman–Crippen LogP) is 2.76. The molecule has 0 saturated carbocycles. The number of hydrogen-bond acceptors (Lipinski definition) is 3. The first kappa shape index (κ1) is 16.9. The summed E-state index contributed by atoms with van der Waals surface area (Å²) in [5, 5.41) is 3.33. The van der Waals surface area contributed by atoms with Crippen molar-refractivity contribution in [2.45, 2.75) is 70.6 Å². The minimum Gasteiger partial charge on any atom is -0.313 e. The summed E-state index contributed by atoms with van der Waals surface area (Å²) in [6.45, 7) is 8.68. The van der Waals surface area contributed by atoms with E-state index in [-0.39, 0.29) is 6.04 Å². The second-order valence-corrected chi connectivity index (χ2v) is 7.93. The number of nitrogens with one attached hydrogen (secondary N) is 1. The maximum Gasteiger partial charge on any atom is 0.154 e. The summed E-state index contributed by atoms with van der Waals surface area (Å²) < 4.78 is 23.0. The zero-order valence-corrected chi connectivity index (χ0v) is 12.9. The van der Waals surface area contributed by atoms with Crippen LogP contribution in [0, 0.1) is 0 Å². The van der Waals surface area contributed by atoms with Gasteiger partial charge in [0, 0.05) is 12.3 Å². The van der Waals surface area contributed by atoms with E-state index in [2.05, 4.69) is 12.2 Å². The highest BCUT2D eigenvalue weighted by Crippen LogP contribution is 2.24. The molecule has 0 rings (SSSR count). The van der Waals surface area contributed by atoms with Gasteiger partial charge in [0.2, 0.25) is 0 Å². The Morgan fingerprint density at radius 2 is 1.71 bits per heavy atom. The molecule has 0 fully saturated rings. The van der Waals surface area contributed by atoms with Gasteiger partial charge in [-0.3, -0.25) is 0 Å². The van der Waals surface area contributed by atoms with Gasteiger partial charge in [-0.1, -0.05) is 39.5 Å². The van der Waals surface area contributed by atoms with Gasteiger partial charge < -0.3 is 5.32 Å². The molecule has 0 radical (unpaired) electrons. The van der Waals surface area contributed by atoms with Gasteiger partial charge in [0.1, 0.15) is 0 Å². The van der Waals surface area contributed by atoms with Crippen LogP contribution in [0.3, 0.4) is 0 Å². The quantitative estimate of drug-likeness (QED) is 0.651. The van der Waals surface area contributed by atoms with E-state index in [9.17, 15) is 8.42 Å². The molecule has 0 amide bonds. The third kappa shape index (κ3) is 5.38. The Morgan fingerprint density at radius 1 is 1.12 bits per heavy atom. The first-order valence-corrected chi connectivity index (χ1v) is 8.59. The van der Waals surface area contributed by atoms with Crippen LogP contribution in [0.4, 0.5) is 0 Å². The van der Waals surface area contributed by atoms with Gasteiger partial charge in [-0.2, -0.15) is 0 Å². The molecule has 0 saturated heterocycles. The normalized spacial score (nSPS) is 14.9. The minimum atomic E-state index is -3.03. The summed E-state index contributed by atoms with van der Waals surface area (Å²) in [5.41, 5.74) is 0. The standard InChI is InChI=1S/C13H29NO2S/c1-6-8-9-10-11-12(14-7-2)13(3,4)17(5,15)16/h12,14H,6-11H2,1-5H3. The molecule has 0 aromatic rings. The first-order valence-electron chi connectivity index (χ1n) is 6.70. The molecule has 3 nitrogen and oxygen atoms in total. The number of hydrogen-bond donors (Lipinski definition) is 1. The first-order chi connectivity index (χ1) is 7.77. The van der Waals surface area contributed by atoms with E-state index in [0.29, 0.717) is 0 Å². The molecule has 0 aliphatic carbocycles. The highest BCUT2D eigenvalue weighted by atomic mass is 32.2. The number of sulfone groups is 1. The largest absolute Gasteiger partial charge is 0.313 e. The molecule has 17 heavy (non-hydrogen) atoms. The lowest BCUT2D eigenvalue weighted by atomic mass is 9.96. The second kappa shape index (κ2) is 7.37. The van der Waals surface area contributed by atoms with Crippen molar-refractivity contribution in [3.63, 3.8) is 0 Å². The van der Waals surface area contributed by atoms with Crippen LogP contribution in [0.5, 0.6) is 0 Å². The summed E-state index contributed by atoms with van der Waals surface area (Å²) >= 11 is 0. The van der Waals surface area contributed by atoms with E-state index in [1.807, 2.05) is 20.8 Å². The molecule has 1 unspecified atom stereocenters. The Balaban J connectivity index is 4.51. The molecule has 0 aromatic carbocycles. The average Bonchev–Trinajstić information content (AvgIpc) is 2.21. The van der Waals surface area contributed by atoms with Crippen LogP contribution in [0.1, 0.15) is 59.8 Å². The lowest BCUT2D eigenvalue weighted by Gasteiger charge is -2.33. The van der Waals surface area contributed by atoms with Gasteiger partial charge in [-0.05, 0) is 26.8 Å². The summed E-state index contributed by atoms with van der Waals surface area (Å²) in [5.74, 6) is 0. The highest BCUT2D eigenvalue weighted by molar-refractivity contribution is 7.92. The van der Waals surface area contributed by atoms with Crippen LogP contribution in [0.15, 0.2) is 0 Å². The van der Waals surface area contributed by atoms with Crippen LogP contribution in [0.25, 0.3) is 0 Å².